The minimum absolute atomic E-state index is 0.680. The number of para-hydroxylation sites is 2. The fourth-order valence-electron chi connectivity index (χ4n) is 2.13. The molecule has 0 unspecified atom stereocenters. The predicted octanol–water partition coefficient (Wildman–Crippen LogP) is 3.61. The van der Waals surface area contributed by atoms with Crippen molar-refractivity contribution in [3.63, 3.8) is 0 Å². The second kappa shape index (κ2) is 5.78. The van der Waals surface area contributed by atoms with Gasteiger partial charge in [0.2, 0.25) is 0 Å². The number of rotatable bonds is 5. The van der Waals surface area contributed by atoms with Crippen LogP contribution in [-0.4, -0.2) is 6.54 Å². The fourth-order valence-corrected chi connectivity index (χ4v) is 2.13. The van der Waals surface area contributed by atoms with Crippen molar-refractivity contribution in [3.8, 4) is 0 Å². The Morgan fingerprint density at radius 2 is 1.62 bits per heavy atom. The Morgan fingerprint density at radius 1 is 1.06 bits per heavy atom. The van der Waals surface area contributed by atoms with Crippen LogP contribution in [0.1, 0.15) is 27.7 Å². The minimum atomic E-state index is 0.680. The molecule has 0 amide bonds. The molecular formula is C14H24N2. The van der Waals surface area contributed by atoms with Crippen LogP contribution >= 0.6 is 0 Å². The van der Waals surface area contributed by atoms with Crippen LogP contribution in [0.25, 0.3) is 0 Å². The van der Waals surface area contributed by atoms with E-state index in [0.717, 1.165) is 17.9 Å². The molecule has 2 nitrogen and oxygen atoms in total. The van der Waals surface area contributed by atoms with Crippen molar-refractivity contribution >= 4 is 11.4 Å². The molecule has 0 saturated heterocycles. The molecule has 3 N–H and O–H groups in total. The third-order valence-corrected chi connectivity index (χ3v) is 3.20. The maximum atomic E-state index is 5.90. The lowest BCUT2D eigenvalue weighted by Crippen LogP contribution is -2.24. The molecule has 0 atom stereocenters. The van der Waals surface area contributed by atoms with E-state index in [-0.39, 0.29) is 0 Å². The molecule has 0 aromatic heterocycles. The van der Waals surface area contributed by atoms with Gasteiger partial charge in [0.1, 0.15) is 0 Å². The van der Waals surface area contributed by atoms with Crippen LogP contribution in [0.15, 0.2) is 24.3 Å². The van der Waals surface area contributed by atoms with Gasteiger partial charge in [-0.05, 0) is 29.9 Å². The summed E-state index contributed by atoms with van der Waals surface area (Å²) < 4.78 is 0. The van der Waals surface area contributed by atoms with Gasteiger partial charge in [0, 0.05) is 6.54 Å². The summed E-state index contributed by atoms with van der Waals surface area (Å²) in [7, 11) is 0. The van der Waals surface area contributed by atoms with E-state index < -0.39 is 0 Å². The zero-order valence-electron chi connectivity index (χ0n) is 10.8. The molecule has 0 saturated carbocycles. The third-order valence-electron chi connectivity index (χ3n) is 3.20. The summed E-state index contributed by atoms with van der Waals surface area (Å²) in [5, 5.41) is 3.45. The van der Waals surface area contributed by atoms with Crippen LogP contribution < -0.4 is 11.1 Å². The monoisotopic (exact) mass is 220 g/mol. The molecule has 16 heavy (non-hydrogen) atoms. The molecule has 0 bridgehead atoms. The Kier molecular flexibility index (Phi) is 4.66. The molecule has 90 valence electrons. The Bertz CT molecular complexity index is 310. The van der Waals surface area contributed by atoms with Gasteiger partial charge >= 0.3 is 0 Å². The summed E-state index contributed by atoms with van der Waals surface area (Å²) in [6.45, 7) is 10.1. The standard InChI is InChI=1S/C14H24N2/c1-10(2)12(11(3)4)9-16-14-8-6-5-7-13(14)15/h5-8,10-12,16H,9,15H2,1-4H3. The Labute approximate surface area is 99.2 Å². The summed E-state index contributed by atoms with van der Waals surface area (Å²) in [4.78, 5) is 0. The molecule has 0 spiro atoms. The van der Waals surface area contributed by atoms with Crippen molar-refractivity contribution in [2.24, 2.45) is 17.8 Å². The lowest BCUT2D eigenvalue weighted by molar-refractivity contribution is 0.304. The van der Waals surface area contributed by atoms with Gasteiger partial charge < -0.3 is 11.1 Å². The third kappa shape index (κ3) is 3.44. The first kappa shape index (κ1) is 12.9. The topological polar surface area (TPSA) is 38.0 Å². The largest absolute Gasteiger partial charge is 0.397 e. The second-order valence-corrected chi connectivity index (χ2v) is 5.12. The van der Waals surface area contributed by atoms with Gasteiger partial charge in [-0.15, -0.1) is 0 Å². The molecule has 0 radical (unpaired) electrons. The van der Waals surface area contributed by atoms with Crippen molar-refractivity contribution in [3.05, 3.63) is 24.3 Å². The van der Waals surface area contributed by atoms with Gasteiger partial charge in [-0.3, -0.25) is 0 Å². The van der Waals surface area contributed by atoms with E-state index in [2.05, 4.69) is 33.0 Å². The molecule has 0 aliphatic carbocycles. The molecular weight excluding hydrogens is 196 g/mol. The summed E-state index contributed by atoms with van der Waals surface area (Å²) in [6, 6.07) is 7.94. The molecule has 0 aliphatic heterocycles. The van der Waals surface area contributed by atoms with Gasteiger partial charge in [0.25, 0.3) is 0 Å². The highest BCUT2D eigenvalue weighted by molar-refractivity contribution is 5.65. The number of anilines is 2. The number of hydrogen-bond donors (Lipinski definition) is 2. The predicted molar refractivity (Wildman–Crippen MR) is 72.5 cm³/mol. The zero-order valence-corrected chi connectivity index (χ0v) is 10.8. The van der Waals surface area contributed by atoms with Crippen LogP contribution in [0.3, 0.4) is 0 Å². The maximum absolute atomic E-state index is 5.90. The molecule has 1 rings (SSSR count). The average molecular weight is 220 g/mol. The highest BCUT2D eigenvalue weighted by Crippen LogP contribution is 2.23. The van der Waals surface area contributed by atoms with Crippen LogP contribution in [0.4, 0.5) is 11.4 Å². The van der Waals surface area contributed by atoms with Crippen LogP contribution in [0.2, 0.25) is 0 Å². The summed E-state index contributed by atoms with van der Waals surface area (Å²) >= 11 is 0. The van der Waals surface area contributed by atoms with Gasteiger partial charge in [0.15, 0.2) is 0 Å². The number of nitrogen functional groups attached to an aromatic ring is 1. The van der Waals surface area contributed by atoms with Crippen molar-refractivity contribution in [2.75, 3.05) is 17.6 Å². The molecule has 0 heterocycles. The van der Waals surface area contributed by atoms with Crippen LogP contribution in [0.5, 0.6) is 0 Å². The fraction of sp³-hybridized carbons (Fsp3) is 0.571. The second-order valence-electron chi connectivity index (χ2n) is 5.12. The lowest BCUT2D eigenvalue weighted by atomic mass is 9.85. The molecule has 0 fully saturated rings. The summed E-state index contributed by atoms with van der Waals surface area (Å²) in [5.41, 5.74) is 7.77. The van der Waals surface area contributed by atoms with E-state index in [4.69, 9.17) is 5.73 Å². The summed E-state index contributed by atoms with van der Waals surface area (Å²) in [6.07, 6.45) is 0. The van der Waals surface area contributed by atoms with E-state index in [9.17, 15) is 0 Å². The number of nitrogens with one attached hydrogen (secondary N) is 1. The molecule has 1 aromatic rings. The van der Waals surface area contributed by atoms with E-state index in [1.54, 1.807) is 0 Å². The smallest absolute Gasteiger partial charge is 0.0574 e. The van der Waals surface area contributed by atoms with Gasteiger partial charge in [0.05, 0.1) is 11.4 Å². The van der Waals surface area contributed by atoms with E-state index in [0.29, 0.717) is 17.8 Å². The van der Waals surface area contributed by atoms with Gasteiger partial charge in [-0.1, -0.05) is 39.8 Å². The van der Waals surface area contributed by atoms with Crippen molar-refractivity contribution in [1.82, 2.24) is 0 Å². The number of benzene rings is 1. The van der Waals surface area contributed by atoms with Crippen molar-refractivity contribution < 1.29 is 0 Å². The quantitative estimate of drug-likeness (QED) is 0.744. The van der Waals surface area contributed by atoms with E-state index >= 15 is 0 Å². The Balaban J connectivity index is 2.59. The van der Waals surface area contributed by atoms with Gasteiger partial charge in [-0.25, -0.2) is 0 Å². The molecule has 2 heteroatoms. The Morgan fingerprint density at radius 3 is 2.12 bits per heavy atom. The minimum Gasteiger partial charge on any atom is -0.397 e. The SMILES string of the molecule is CC(C)C(CNc1ccccc1N)C(C)C. The average Bonchev–Trinajstić information content (AvgIpc) is 2.20. The zero-order chi connectivity index (χ0) is 12.1. The highest BCUT2D eigenvalue weighted by atomic mass is 14.9. The first-order valence-electron chi connectivity index (χ1n) is 6.10. The molecule has 1 aromatic carbocycles. The first-order chi connectivity index (χ1) is 7.52. The van der Waals surface area contributed by atoms with E-state index in [1.807, 2.05) is 24.3 Å². The lowest BCUT2D eigenvalue weighted by Gasteiger charge is -2.25. The van der Waals surface area contributed by atoms with Crippen LogP contribution in [0, 0.1) is 17.8 Å². The van der Waals surface area contributed by atoms with Crippen LogP contribution in [-0.2, 0) is 0 Å². The van der Waals surface area contributed by atoms with E-state index in [1.165, 1.54) is 0 Å². The number of nitrogens with two attached hydrogens (primary N) is 1. The highest BCUT2D eigenvalue weighted by Gasteiger charge is 2.17. The van der Waals surface area contributed by atoms with Crippen molar-refractivity contribution in [2.45, 2.75) is 27.7 Å². The Hall–Kier alpha value is -1.18. The summed E-state index contributed by atoms with van der Waals surface area (Å²) in [5.74, 6) is 2.06. The normalized spacial score (nSPS) is 11.4. The number of hydrogen-bond acceptors (Lipinski definition) is 2. The molecule has 0 aliphatic rings. The maximum Gasteiger partial charge on any atom is 0.0574 e. The van der Waals surface area contributed by atoms with Gasteiger partial charge in [-0.2, -0.15) is 0 Å². The first-order valence-corrected chi connectivity index (χ1v) is 6.10. The van der Waals surface area contributed by atoms with Crippen molar-refractivity contribution in [1.29, 1.82) is 0 Å².